The minimum atomic E-state index is -1.81. The molecule has 0 aromatic rings. The van der Waals surface area contributed by atoms with E-state index in [2.05, 4.69) is 53.5 Å². The van der Waals surface area contributed by atoms with Crippen molar-refractivity contribution in [2.45, 2.75) is 77.1 Å². The van der Waals surface area contributed by atoms with E-state index >= 15 is 0 Å². The maximum absolute atomic E-state index is 10.8. The standard InChI is InChI=1S/C16H36O4Si2/c1-16(2,3)22(7,8)20-13-15(9-10-17)19-14-18-11-12-21(4,5)6/h10,15H,9,11-14H2,1-8H3/t15-/m0/s1. The molecule has 4 nitrogen and oxygen atoms in total. The molecule has 0 saturated carbocycles. The third-order valence-electron chi connectivity index (χ3n) is 4.18. The Morgan fingerprint density at radius 3 is 2.14 bits per heavy atom. The minimum Gasteiger partial charge on any atom is -0.414 e. The van der Waals surface area contributed by atoms with E-state index in [0.717, 1.165) is 18.9 Å². The first kappa shape index (κ1) is 22.0. The van der Waals surface area contributed by atoms with Gasteiger partial charge in [-0.3, -0.25) is 0 Å². The summed E-state index contributed by atoms with van der Waals surface area (Å²) in [7, 11) is -2.87. The SMILES string of the molecule is CC(C)(C)[Si](C)(C)OC[C@H](CC=O)OCOCC[Si](C)(C)C. The largest absolute Gasteiger partial charge is 0.414 e. The second-order valence-electron chi connectivity index (χ2n) is 8.60. The van der Waals surface area contributed by atoms with E-state index in [-0.39, 0.29) is 17.9 Å². The van der Waals surface area contributed by atoms with E-state index in [1.807, 2.05) is 0 Å². The first-order chi connectivity index (χ1) is 9.89. The van der Waals surface area contributed by atoms with Gasteiger partial charge in [-0.05, 0) is 24.2 Å². The van der Waals surface area contributed by atoms with Crippen molar-refractivity contribution in [3.63, 3.8) is 0 Å². The van der Waals surface area contributed by atoms with Crippen LogP contribution in [0.4, 0.5) is 0 Å². The summed E-state index contributed by atoms with van der Waals surface area (Å²) in [5.74, 6) is 0. The predicted octanol–water partition coefficient (Wildman–Crippen LogP) is 4.29. The lowest BCUT2D eigenvalue weighted by Gasteiger charge is -2.37. The van der Waals surface area contributed by atoms with E-state index < -0.39 is 16.4 Å². The van der Waals surface area contributed by atoms with Gasteiger partial charge in [0.1, 0.15) is 13.1 Å². The molecule has 0 amide bonds. The maximum atomic E-state index is 10.8. The number of rotatable bonds is 11. The van der Waals surface area contributed by atoms with E-state index in [4.69, 9.17) is 13.9 Å². The highest BCUT2D eigenvalue weighted by molar-refractivity contribution is 6.76. The van der Waals surface area contributed by atoms with Gasteiger partial charge in [-0.25, -0.2) is 0 Å². The summed E-state index contributed by atoms with van der Waals surface area (Å²) in [5, 5.41) is 0.159. The van der Waals surface area contributed by atoms with Crippen LogP contribution in [0.25, 0.3) is 0 Å². The van der Waals surface area contributed by atoms with Gasteiger partial charge in [0.2, 0.25) is 0 Å². The molecular weight excluding hydrogens is 312 g/mol. The number of carbonyl (C=O) groups excluding carboxylic acids is 1. The van der Waals surface area contributed by atoms with Crippen LogP contribution in [0.5, 0.6) is 0 Å². The molecule has 132 valence electrons. The number of ether oxygens (including phenoxy) is 2. The second-order valence-corrected chi connectivity index (χ2v) is 19.0. The van der Waals surface area contributed by atoms with E-state index in [9.17, 15) is 4.79 Å². The molecule has 6 heteroatoms. The molecule has 0 unspecified atom stereocenters. The lowest BCUT2D eigenvalue weighted by Crippen LogP contribution is -2.43. The Morgan fingerprint density at radius 1 is 1.09 bits per heavy atom. The molecule has 0 spiro atoms. The average molecular weight is 349 g/mol. The van der Waals surface area contributed by atoms with Crippen molar-refractivity contribution in [2.75, 3.05) is 20.0 Å². The van der Waals surface area contributed by atoms with Crippen LogP contribution in [0.1, 0.15) is 27.2 Å². The smallest absolute Gasteiger partial charge is 0.192 e. The van der Waals surface area contributed by atoms with E-state index in [1.54, 1.807) is 0 Å². The molecule has 22 heavy (non-hydrogen) atoms. The van der Waals surface area contributed by atoms with Crippen molar-refractivity contribution < 1.29 is 18.7 Å². The Bertz CT molecular complexity index is 319. The molecule has 0 aliphatic carbocycles. The van der Waals surface area contributed by atoms with Crippen molar-refractivity contribution in [3.8, 4) is 0 Å². The lowest BCUT2D eigenvalue weighted by atomic mass is 10.2. The molecule has 1 atom stereocenters. The summed E-state index contributed by atoms with van der Waals surface area (Å²) in [6, 6.07) is 1.12. The Balaban J connectivity index is 4.14. The molecule has 0 aliphatic heterocycles. The number of aldehydes is 1. The van der Waals surface area contributed by atoms with Gasteiger partial charge in [0.25, 0.3) is 0 Å². The van der Waals surface area contributed by atoms with Crippen LogP contribution < -0.4 is 0 Å². The summed E-state index contributed by atoms with van der Waals surface area (Å²) in [6.45, 7) is 19.4. The number of carbonyl (C=O) groups is 1. The van der Waals surface area contributed by atoms with Crippen LogP contribution in [0.15, 0.2) is 0 Å². The fourth-order valence-electron chi connectivity index (χ4n) is 1.39. The molecule has 0 saturated heterocycles. The van der Waals surface area contributed by atoms with E-state index in [0.29, 0.717) is 13.0 Å². The topological polar surface area (TPSA) is 44.8 Å². The van der Waals surface area contributed by atoms with Gasteiger partial charge in [0.15, 0.2) is 8.32 Å². The molecule has 0 fully saturated rings. The number of hydrogen-bond donors (Lipinski definition) is 0. The molecule has 0 bridgehead atoms. The van der Waals surface area contributed by atoms with Crippen LogP contribution in [0, 0.1) is 0 Å². The quantitative estimate of drug-likeness (QED) is 0.242. The van der Waals surface area contributed by atoms with Gasteiger partial charge >= 0.3 is 0 Å². The molecule has 0 rings (SSSR count). The maximum Gasteiger partial charge on any atom is 0.192 e. The van der Waals surface area contributed by atoms with Crippen molar-refractivity contribution in [3.05, 3.63) is 0 Å². The summed E-state index contributed by atoms with van der Waals surface area (Å²) in [5.41, 5.74) is 0. The predicted molar refractivity (Wildman–Crippen MR) is 97.7 cm³/mol. The van der Waals surface area contributed by atoms with Crippen molar-refractivity contribution in [1.82, 2.24) is 0 Å². The molecule has 0 aromatic heterocycles. The Hall–Kier alpha value is -0.0162. The molecular formula is C16H36O4Si2. The number of hydrogen-bond acceptors (Lipinski definition) is 4. The fourth-order valence-corrected chi connectivity index (χ4v) is 3.18. The van der Waals surface area contributed by atoms with E-state index in [1.165, 1.54) is 0 Å². The van der Waals surface area contributed by atoms with Crippen LogP contribution >= 0.6 is 0 Å². The Labute approximate surface area is 139 Å². The van der Waals surface area contributed by atoms with Gasteiger partial charge in [-0.1, -0.05) is 40.4 Å². The average Bonchev–Trinajstić information content (AvgIpc) is 2.32. The highest BCUT2D eigenvalue weighted by Crippen LogP contribution is 2.36. The lowest BCUT2D eigenvalue weighted by molar-refractivity contribution is -0.120. The Morgan fingerprint density at radius 2 is 1.68 bits per heavy atom. The van der Waals surface area contributed by atoms with Gasteiger partial charge < -0.3 is 18.7 Å². The Kier molecular flexibility index (Phi) is 9.31. The highest BCUT2D eigenvalue weighted by atomic mass is 28.4. The summed E-state index contributed by atoms with van der Waals surface area (Å²) >= 11 is 0. The molecule has 0 aliphatic rings. The molecule has 0 aromatic carbocycles. The zero-order chi connectivity index (χ0) is 17.4. The van der Waals surface area contributed by atoms with Gasteiger partial charge in [-0.2, -0.15) is 0 Å². The normalized spacial score (nSPS) is 14.9. The molecule has 0 N–H and O–H groups in total. The highest BCUT2D eigenvalue weighted by Gasteiger charge is 2.37. The second kappa shape index (κ2) is 9.32. The molecule has 0 radical (unpaired) electrons. The minimum absolute atomic E-state index is 0.159. The zero-order valence-electron chi connectivity index (χ0n) is 15.8. The van der Waals surface area contributed by atoms with Crippen LogP contribution in [0.3, 0.4) is 0 Å². The van der Waals surface area contributed by atoms with Crippen molar-refractivity contribution in [2.24, 2.45) is 0 Å². The van der Waals surface area contributed by atoms with Gasteiger partial charge in [0.05, 0.1) is 12.7 Å². The summed E-state index contributed by atoms with van der Waals surface area (Å²) < 4.78 is 17.3. The molecule has 0 heterocycles. The van der Waals surface area contributed by atoms with Crippen molar-refractivity contribution >= 4 is 22.7 Å². The summed E-state index contributed by atoms with van der Waals surface area (Å²) in [6.07, 6.45) is 1.03. The third-order valence-corrected chi connectivity index (χ3v) is 10.4. The van der Waals surface area contributed by atoms with Gasteiger partial charge in [-0.15, -0.1) is 0 Å². The van der Waals surface area contributed by atoms with Crippen LogP contribution in [-0.2, 0) is 18.7 Å². The van der Waals surface area contributed by atoms with Crippen molar-refractivity contribution in [1.29, 1.82) is 0 Å². The van der Waals surface area contributed by atoms with Crippen LogP contribution in [0.2, 0.25) is 43.8 Å². The first-order valence-corrected chi connectivity index (χ1v) is 14.8. The fraction of sp³-hybridized carbons (Fsp3) is 0.938. The third kappa shape index (κ3) is 9.89. The zero-order valence-corrected chi connectivity index (χ0v) is 17.8. The first-order valence-electron chi connectivity index (χ1n) is 8.16. The van der Waals surface area contributed by atoms with Crippen LogP contribution in [-0.4, -0.2) is 48.8 Å². The van der Waals surface area contributed by atoms with Gasteiger partial charge in [0, 0.05) is 21.1 Å². The monoisotopic (exact) mass is 348 g/mol. The summed E-state index contributed by atoms with van der Waals surface area (Å²) in [4.78, 5) is 10.8.